The van der Waals surface area contributed by atoms with Crippen molar-refractivity contribution in [1.29, 1.82) is 0 Å². The third kappa shape index (κ3) is 2.63. The van der Waals surface area contributed by atoms with Crippen LogP contribution in [-0.2, 0) is 13.0 Å². The lowest BCUT2D eigenvalue weighted by Gasteiger charge is -2.22. The van der Waals surface area contributed by atoms with Gasteiger partial charge in [-0.15, -0.1) is 0 Å². The number of hydrogen-bond acceptors (Lipinski definition) is 2. The van der Waals surface area contributed by atoms with E-state index in [1.165, 1.54) is 0 Å². The standard InChI is InChI=1S/C11H19BrFN3/c1-4-11(13,7-14)6-9-10(12)8(3)15-16(9)5-2/h4-7,14H2,1-3H3. The summed E-state index contributed by atoms with van der Waals surface area (Å²) in [5.74, 6) is 0. The minimum absolute atomic E-state index is 0.0455. The maximum atomic E-state index is 14.3. The quantitative estimate of drug-likeness (QED) is 0.906. The van der Waals surface area contributed by atoms with Gasteiger partial charge in [-0.05, 0) is 36.2 Å². The fraction of sp³-hybridized carbons (Fsp3) is 0.727. The highest BCUT2D eigenvalue weighted by Crippen LogP contribution is 2.28. The first kappa shape index (κ1) is 13.6. The normalized spacial score (nSPS) is 15.1. The van der Waals surface area contributed by atoms with Crippen LogP contribution in [-0.4, -0.2) is 22.0 Å². The summed E-state index contributed by atoms with van der Waals surface area (Å²) in [5.41, 5.74) is 5.96. The molecule has 0 aromatic carbocycles. The molecule has 2 N–H and O–H groups in total. The summed E-state index contributed by atoms with van der Waals surface area (Å²) in [6.07, 6.45) is 0.735. The summed E-state index contributed by atoms with van der Waals surface area (Å²) >= 11 is 3.46. The Morgan fingerprint density at radius 3 is 2.56 bits per heavy atom. The zero-order valence-corrected chi connectivity index (χ0v) is 11.6. The van der Waals surface area contributed by atoms with Crippen molar-refractivity contribution < 1.29 is 4.39 Å². The molecule has 1 unspecified atom stereocenters. The van der Waals surface area contributed by atoms with E-state index in [1.807, 2.05) is 25.5 Å². The van der Waals surface area contributed by atoms with Crippen molar-refractivity contribution in [2.24, 2.45) is 5.73 Å². The van der Waals surface area contributed by atoms with Crippen LogP contribution in [0.15, 0.2) is 4.47 Å². The Kier molecular flexibility index (Phi) is 4.50. The van der Waals surface area contributed by atoms with Crippen molar-refractivity contribution in [3.05, 3.63) is 15.9 Å². The first-order chi connectivity index (χ1) is 7.47. The third-order valence-corrected chi connectivity index (χ3v) is 3.97. The van der Waals surface area contributed by atoms with Gasteiger partial charge >= 0.3 is 0 Å². The average Bonchev–Trinajstić information content (AvgIpc) is 2.56. The molecular weight excluding hydrogens is 273 g/mol. The molecule has 16 heavy (non-hydrogen) atoms. The first-order valence-corrected chi connectivity index (χ1v) is 6.37. The Balaban J connectivity index is 3.04. The van der Waals surface area contributed by atoms with Crippen molar-refractivity contribution in [3.63, 3.8) is 0 Å². The Labute approximate surface area is 104 Å². The minimum Gasteiger partial charge on any atom is -0.328 e. The molecule has 0 bridgehead atoms. The molecule has 1 rings (SSSR count). The van der Waals surface area contributed by atoms with Crippen LogP contribution in [0.4, 0.5) is 4.39 Å². The molecule has 0 fully saturated rings. The second-order valence-corrected chi connectivity index (χ2v) is 4.84. The van der Waals surface area contributed by atoms with Gasteiger partial charge in [0.15, 0.2) is 0 Å². The third-order valence-electron chi connectivity index (χ3n) is 2.94. The molecule has 0 amide bonds. The number of hydrogen-bond donors (Lipinski definition) is 1. The molecule has 3 nitrogen and oxygen atoms in total. The van der Waals surface area contributed by atoms with E-state index in [0.717, 1.165) is 22.4 Å². The molecule has 1 aromatic heterocycles. The van der Waals surface area contributed by atoms with Gasteiger partial charge in [-0.25, -0.2) is 4.39 Å². The highest BCUT2D eigenvalue weighted by molar-refractivity contribution is 9.10. The van der Waals surface area contributed by atoms with Crippen molar-refractivity contribution in [1.82, 2.24) is 9.78 Å². The zero-order valence-electron chi connectivity index (χ0n) is 10.1. The SMILES string of the molecule is CCn1nc(C)c(Br)c1CC(F)(CC)CN. The molecule has 0 aliphatic heterocycles. The van der Waals surface area contributed by atoms with Gasteiger partial charge in [0.25, 0.3) is 0 Å². The summed E-state index contributed by atoms with van der Waals surface area (Å²) in [6.45, 7) is 6.51. The topological polar surface area (TPSA) is 43.8 Å². The Bertz CT molecular complexity index is 358. The van der Waals surface area contributed by atoms with E-state index in [-0.39, 0.29) is 6.54 Å². The number of nitrogens with zero attached hydrogens (tertiary/aromatic N) is 2. The molecule has 0 aliphatic carbocycles. The van der Waals surface area contributed by atoms with E-state index >= 15 is 0 Å². The van der Waals surface area contributed by atoms with Gasteiger partial charge in [-0.3, -0.25) is 4.68 Å². The lowest BCUT2D eigenvalue weighted by atomic mass is 9.96. The molecule has 92 valence electrons. The summed E-state index contributed by atoms with van der Waals surface area (Å²) in [7, 11) is 0. The number of aryl methyl sites for hydroxylation is 2. The molecule has 0 saturated carbocycles. The predicted molar refractivity (Wildman–Crippen MR) is 67.2 cm³/mol. The summed E-state index contributed by atoms with van der Waals surface area (Å²) < 4.78 is 17.0. The number of halogens is 2. The Morgan fingerprint density at radius 2 is 2.12 bits per heavy atom. The Hall–Kier alpha value is -0.420. The zero-order chi connectivity index (χ0) is 12.3. The van der Waals surface area contributed by atoms with Crippen molar-refractivity contribution in [2.45, 2.75) is 45.8 Å². The van der Waals surface area contributed by atoms with Gasteiger partial charge in [-0.2, -0.15) is 5.10 Å². The monoisotopic (exact) mass is 291 g/mol. The van der Waals surface area contributed by atoms with Crippen molar-refractivity contribution in [2.75, 3.05) is 6.54 Å². The van der Waals surface area contributed by atoms with Gasteiger partial charge in [0, 0.05) is 19.5 Å². The van der Waals surface area contributed by atoms with Crippen LogP contribution in [0.3, 0.4) is 0 Å². The minimum atomic E-state index is -1.33. The molecule has 5 heteroatoms. The van der Waals surface area contributed by atoms with Gasteiger partial charge in [0.05, 0.1) is 15.9 Å². The number of alkyl halides is 1. The maximum Gasteiger partial charge on any atom is 0.128 e. The fourth-order valence-corrected chi connectivity index (χ4v) is 2.10. The summed E-state index contributed by atoms with van der Waals surface area (Å²) in [4.78, 5) is 0. The van der Waals surface area contributed by atoms with Crippen LogP contribution in [0.2, 0.25) is 0 Å². The van der Waals surface area contributed by atoms with Crippen LogP contribution in [0.1, 0.15) is 31.7 Å². The molecule has 1 heterocycles. The van der Waals surface area contributed by atoms with E-state index in [0.29, 0.717) is 12.8 Å². The number of aromatic nitrogens is 2. The summed E-state index contributed by atoms with van der Waals surface area (Å²) in [6, 6.07) is 0. The molecule has 0 spiro atoms. The molecule has 0 radical (unpaired) electrons. The molecule has 0 saturated heterocycles. The first-order valence-electron chi connectivity index (χ1n) is 5.58. The average molecular weight is 292 g/mol. The van der Waals surface area contributed by atoms with E-state index in [2.05, 4.69) is 21.0 Å². The van der Waals surface area contributed by atoms with E-state index in [4.69, 9.17) is 5.73 Å². The van der Waals surface area contributed by atoms with Gasteiger partial charge in [0.1, 0.15) is 5.67 Å². The highest BCUT2D eigenvalue weighted by atomic mass is 79.9. The highest BCUT2D eigenvalue weighted by Gasteiger charge is 2.29. The van der Waals surface area contributed by atoms with E-state index in [1.54, 1.807) is 0 Å². The molecule has 1 atom stereocenters. The van der Waals surface area contributed by atoms with Crippen molar-refractivity contribution >= 4 is 15.9 Å². The molecule has 1 aromatic rings. The second-order valence-electron chi connectivity index (χ2n) is 4.05. The van der Waals surface area contributed by atoms with Gasteiger partial charge < -0.3 is 5.73 Å². The smallest absolute Gasteiger partial charge is 0.128 e. The largest absolute Gasteiger partial charge is 0.328 e. The molecule has 0 aliphatic rings. The number of nitrogens with two attached hydrogens (primary N) is 1. The van der Waals surface area contributed by atoms with Crippen LogP contribution < -0.4 is 5.73 Å². The lowest BCUT2D eigenvalue weighted by molar-refractivity contribution is 0.163. The number of rotatable bonds is 5. The van der Waals surface area contributed by atoms with Gasteiger partial charge in [-0.1, -0.05) is 6.92 Å². The maximum absolute atomic E-state index is 14.3. The van der Waals surface area contributed by atoms with Crippen molar-refractivity contribution in [3.8, 4) is 0 Å². The van der Waals surface area contributed by atoms with Crippen LogP contribution in [0.25, 0.3) is 0 Å². The Morgan fingerprint density at radius 1 is 1.50 bits per heavy atom. The van der Waals surface area contributed by atoms with E-state index in [9.17, 15) is 4.39 Å². The fourth-order valence-electron chi connectivity index (χ4n) is 1.68. The van der Waals surface area contributed by atoms with Crippen LogP contribution in [0, 0.1) is 6.92 Å². The summed E-state index contributed by atoms with van der Waals surface area (Å²) in [5, 5.41) is 4.34. The predicted octanol–water partition coefficient (Wildman–Crippen LogP) is 2.59. The molecular formula is C11H19BrFN3. The van der Waals surface area contributed by atoms with Gasteiger partial charge in [0.2, 0.25) is 0 Å². The van der Waals surface area contributed by atoms with Crippen LogP contribution >= 0.6 is 15.9 Å². The lowest BCUT2D eigenvalue weighted by Crippen LogP contribution is -2.35. The van der Waals surface area contributed by atoms with Crippen LogP contribution in [0.5, 0.6) is 0 Å². The van der Waals surface area contributed by atoms with E-state index < -0.39 is 5.67 Å². The second kappa shape index (κ2) is 5.27.